The lowest BCUT2D eigenvalue weighted by molar-refractivity contribution is -0.137. The van der Waals surface area contributed by atoms with E-state index in [1.165, 1.54) is 19.1 Å². The fraction of sp³-hybridized carbons (Fsp3) is 0.475. The number of primary amides is 2. The van der Waals surface area contributed by atoms with Crippen molar-refractivity contribution in [3.05, 3.63) is 102 Å². The molecular formula is C61H87N17O13. The largest absolute Gasteiger partial charge is 0.508 e. The molecule has 1 aliphatic rings. The van der Waals surface area contributed by atoms with Gasteiger partial charge in [0.05, 0.1) is 12.5 Å². The summed E-state index contributed by atoms with van der Waals surface area (Å²) in [7, 11) is 1.54. The van der Waals surface area contributed by atoms with Gasteiger partial charge in [0.25, 0.3) is 5.91 Å². The van der Waals surface area contributed by atoms with Gasteiger partial charge in [-0.3, -0.25) is 58.8 Å². The number of rotatable bonds is 33. The van der Waals surface area contributed by atoms with Gasteiger partial charge in [0.2, 0.25) is 53.2 Å². The van der Waals surface area contributed by atoms with Crippen molar-refractivity contribution >= 4 is 82.0 Å². The number of aromatic hydroxyl groups is 1. The summed E-state index contributed by atoms with van der Waals surface area (Å²) in [6, 6.07) is 8.93. The highest BCUT2D eigenvalue weighted by atomic mass is 16.3. The van der Waals surface area contributed by atoms with Gasteiger partial charge in [0.15, 0.2) is 5.96 Å². The number of para-hydroxylation sites is 1. The van der Waals surface area contributed by atoms with Crippen LogP contribution in [0.2, 0.25) is 0 Å². The van der Waals surface area contributed by atoms with E-state index in [0.717, 1.165) is 17.8 Å². The van der Waals surface area contributed by atoms with E-state index < -0.39 is 126 Å². The van der Waals surface area contributed by atoms with E-state index in [0.29, 0.717) is 42.6 Å². The number of fused-ring (bicyclic) bond motifs is 1. The highest BCUT2D eigenvalue weighted by Gasteiger charge is 2.37. The first-order valence-corrected chi connectivity index (χ1v) is 30.1. The van der Waals surface area contributed by atoms with Crippen molar-refractivity contribution in [2.75, 3.05) is 26.7 Å². The molecule has 91 heavy (non-hydrogen) atoms. The molecule has 494 valence electrons. The summed E-state index contributed by atoms with van der Waals surface area (Å²) < 4.78 is 0. The summed E-state index contributed by atoms with van der Waals surface area (Å²) in [5.41, 5.74) is 18.3. The van der Waals surface area contributed by atoms with Crippen molar-refractivity contribution in [3.63, 3.8) is 0 Å². The number of phenols is 1. The minimum absolute atomic E-state index is 0.00404. The molecule has 1 aromatic heterocycles. The minimum atomic E-state index is -1.87. The van der Waals surface area contributed by atoms with Crippen LogP contribution in [0, 0.1) is 17.2 Å². The summed E-state index contributed by atoms with van der Waals surface area (Å²) >= 11 is 0. The maximum absolute atomic E-state index is 14.3. The first-order chi connectivity index (χ1) is 43.3. The maximum atomic E-state index is 14.3. The Morgan fingerprint density at radius 2 is 1.18 bits per heavy atom. The predicted octanol–water partition coefficient (Wildman–Crippen LogP) is -2.28. The van der Waals surface area contributed by atoms with Crippen molar-refractivity contribution in [1.29, 1.82) is 5.41 Å². The quantitative estimate of drug-likeness (QED) is 0.0103. The number of benzene rings is 3. The fourth-order valence-corrected chi connectivity index (χ4v) is 10.2. The second-order valence-corrected chi connectivity index (χ2v) is 22.9. The van der Waals surface area contributed by atoms with Crippen molar-refractivity contribution in [2.24, 2.45) is 23.3 Å². The second kappa shape index (κ2) is 36.0. The Morgan fingerprint density at radius 1 is 0.615 bits per heavy atom. The van der Waals surface area contributed by atoms with Crippen LogP contribution >= 0.6 is 0 Å². The molecule has 0 radical (unpaired) electrons. The summed E-state index contributed by atoms with van der Waals surface area (Å²) in [5, 5.41) is 58.6. The topological polar surface area (TPSA) is 476 Å². The van der Waals surface area contributed by atoms with Crippen molar-refractivity contribution in [2.45, 2.75) is 146 Å². The Morgan fingerprint density at radius 3 is 1.80 bits per heavy atom. The number of urea groups is 1. The third-order valence-corrected chi connectivity index (χ3v) is 15.0. The molecule has 0 aliphatic carbocycles. The van der Waals surface area contributed by atoms with Gasteiger partial charge in [-0.1, -0.05) is 74.5 Å². The number of hydrogen-bond acceptors (Lipinski definition) is 15. The van der Waals surface area contributed by atoms with Crippen LogP contribution in [0.25, 0.3) is 10.9 Å². The number of amides is 12. The lowest BCUT2D eigenvalue weighted by Gasteiger charge is -2.30. The number of nitrogens with two attached hydrogens (primary N) is 2. The van der Waals surface area contributed by atoms with Gasteiger partial charge >= 0.3 is 6.03 Å². The number of carbonyl (C=O) groups is 11. The zero-order valence-electron chi connectivity index (χ0n) is 51.7. The average molecular weight is 1270 g/mol. The van der Waals surface area contributed by atoms with E-state index in [9.17, 15) is 63.0 Å². The van der Waals surface area contributed by atoms with Gasteiger partial charge in [0, 0.05) is 56.9 Å². The molecule has 12 amide bonds. The third kappa shape index (κ3) is 24.2. The zero-order valence-corrected chi connectivity index (χ0v) is 51.7. The van der Waals surface area contributed by atoms with Crippen molar-refractivity contribution in [1.82, 2.24) is 74.3 Å². The third-order valence-electron chi connectivity index (χ3n) is 15.0. The smallest absolute Gasteiger partial charge is 0.334 e. The Balaban J connectivity index is 1.29. The highest BCUT2D eigenvalue weighted by Crippen LogP contribution is 2.21. The molecule has 0 spiro atoms. The van der Waals surface area contributed by atoms with Crippen LogP contribution in [-0.2, 0) is 67.2 Å². The molecule has 1 unspecified atom stereocenters. The molecule has 1 aliphatic heterocycles. The molecule has 0 bridgehead atoms. The molecule has 2 heterocycles. The number of phenolic OH excluding ortho intramolecular Hbond substituents is 1. The van der Waals surface area contributed by atoms with Crippen LogP contribution < -0.4 is 80.8 Å². The van der Waals surface area contributed by atoms with Gasteiger partial charge in [-0.05, 0) is 105 Å². The standard InChI is InChI=1S/C61H87N17O13/c1-33(2)26-45(54(85)70-43(16-11-23-67-60(64)65-5)53(84)71-44(52(63)83)30-39-32-68-42-15-10-9-14-41(39)42)75-61(91)78-77-58(89)48(27-36-12-7-6-8-13-36)74-59(90)51(34(3)79)76-57(88)49(31-50(62)82)73-56(87)47(29-38-21-24-66-25-22-38)72-55(86)46(69-35(4)80)28-37-17-19-40(81)20-18-37/h6-10,12-15,17-20,32-34,38,43-49,51,66,68,79,81H,11,16,21-31H2,1-5H3,(H2,62,82)(H2,63,83)(H,69,80)(H,70,85)(H,71,84)(H,72,86)(H,73,87)(H,74,90)(H,76,88)(H,77,89)(H3,64,65,67)(H2,75,78,91)/t34-,43+,44+,45+,46-,47?,48+,49+,51+/m1/s1. The van der Waals surface area contributed by atoms with Crippen LogP contribution in [0.4, 0.5) is 4.79 Å². The molecule has 1 saturated heterocycles. The van der Waals surface area contributed by atoms with Crippen LogP contribution in [0.15, 0.2) is 85.1 Å². The van der Waals surface area contributed by atoms with Crippen LogP contribution in [0.5, 0.6) is 5.75 Å². The number of carbonyl (C=O) groups excluding carboxylic acids is 11. The molecule has 3 aromatic carbocycles. The first kappa shape index (κ1) is 71.9. The number of guanidine groups is 1. The number of aliphatic hydroxyl groups excluding tert-OH is 1. The summed E-state index contributed by atoms with van der Waals surface area (Å²) in [5.74, 6) is -9.35. The Kier molecular flexibility index (Phi) is 28.4. The number of H-pyrrole nitrogens is 1. The van der Waals surface area contributed by atoms with Gasteiger partial charge < -0.3 is 85.1 Å². The monoisotopic (exact) mass is 1270 g/mol. The lowest BCUT2D eigenvalue weighted by Crippen LogP contribution is -2.62. The molecule has 4 aromatic rings. The average Bonchev–Trinajstić information content (AvgIpc) is 2.02. The fourth-order valence-electron chi connectivity index (χ4n) is 10.2. The maximum Gasteiger partial charge on any atom is 0.334 e. The predicted molar refractivity (Wildman–Crippen MR) is 335 cm³/mol. The van der Waals surface area contributed by atoms with E-state index in [2.05, 4.69) is 74.3 Å². The van der Waals surface area contributed by atoms with E-state index in [4.69, 9.17) is 16.9 Å². The first-order valence-electron chi connectivity index (χ1n) is 30.1. The second-order valence-electron chi connectivity index (χ2n) is 22.9. The lowest BCUT2D eigenvalue weighted by atomic mass is 9.90. The number of aliphatic hydroxyl groups is 1. The van der Waals surface area contributed by atoms with E-state index in [-0.39, 0.29) is 75.0 Å². The highest BCUT2D eigenvalue weighted by molar-refractivity contribution is 5.99. The van der Waals surface area contributed by atoms with Crippen LogP contribution in [0.3, 0.4) is 0 Å². The van der Waals surface area contributed by atoms with Gasteiger partial charge in [0.1, 0.15) is 54.1 Å². The number of aromatic nitrogens is 1. The Hall–Kier alpha value is -9.84. The van der Waals surface area contributed by atoms with Crippen molar-refractivity contribution < 1.29 is 63.0 Å². The molecule has 30 nitrogen and oxygen atoms in total. The van der Waals surface area contributed by atoms with E-state index >= 15 is 0 Å². The molecule has 1 fully saturated rings. The number of aromatic amines is 1. The van der Waals surface area contributed by atoms with Crippen molar-refractivity contribution in [3.8, 4) is 5.75 Å². The Labute approximate surface area is 526 Å². The summed E-state index contributed by atoms with van der Waals surface area (Å²) in [6.07, 6.45) is 0.541. The molecular weight excluding hydrogens is 1180 g/mol. The van der Waals surface area contributed by atoms with Gasteiger partial charge in [-0.2, -0.15) is 0 Å². The number of piperidine rings is 1. The molecule has 21 N–H and O–H groups in total. The van der Waals surface area contributed by atoms with Crippen LogP contribution in [-0.4, -0.2) is 167 Å². The molecule has 0 saturated carbocycles. The Bertz CT molecular complexity index is 3160. The molecule has 9 atom stereocenters. The zero-order chi connectivity index (χ0) is 66.7. The SMILES string of the molecule is CNC(=N)NCCC[C@H](NC(=O)[C@H](CC(C)C)NC(=O)NNC(=O)[C@H](Cc1ccccc1)NC(=O)[C@@H](NC(=O)[C@H](CC(N)=O)NC(=O)C(CC1CCNCC1)NC(=O)[C@@H](Cc1ccc(O)cc1)NC(C)=O)[C@@H](C)O)C(=O)N[C@@H](Cc1c[nH]c2ccccc12)C(N)=O. The summed E-state index contributed by atoms with van der Waals surface area (Å²) in [6.45, 7) is 7.35. The number of nitrogens with one attached hydrogen (secondary N) is 15. The number of hydrazine groups is 1. The molecule has 5 rings (SSSR count). The minimum Gasteiger partial charge on any atom is -0.508 e. The van der Waals surface area contributed by atoms with E-state index in [1.807, 2.05) is 24.3 Å². The molecule has 30 heteroatoms. The van der Waals surface area contributed by atoms with Gasteiger partial charge in [-0.15, -0.1) is 0 Å². The van der Waals surface area contributed by atoms with Gasteiger partial charge in [-0.25, -0.2) is 10.2 Å². The van der Waals surface area contributed by atoms with E-state index in [1.54, 1.807) is 69.6 Å². The van der Waals surface area contributed by atoms with Crippen LogP contribution in [0.1, 0.15) is 89.3 Å². The normalized spacial score (nSPS) is 15.2. The number of hydrogen-bond donors (Lipinski definition) is 19. The summed E-state index contributed by atoms with van der Waals surface area (Å²) in [4.78, 5) is 153.